The number of nitrogens with one attached hydrogen (secondary N) is 1. The molecule has 1 aliphatic heterocycles. The first-order chi connectivity index (χ1) is 8.28. The third kappa shape index (κ3) is 3.46. The Bertz CT molecular complexity index is 386. The van der Waals surface area contributed by atoms with Gasteiger partial charge in [0.1, 0.15) is 5.75 Å². The van der Waals surface area contributed by atoms with Gasteiger partial charge in [-0.25, -0.2) is 0 Å². The van der Waals surface area contributed by atoms with Gasteiger partial charge in [0.2, 0.25) is 5.91 Å². The fourth-order valence-corrected chi connectivity index (χ4v) is 1.92. The average Bonchev–Trinajstić information content (AvgIpc) is 2.82. The molecule has 1 unspecified atom stereocenters. The summed E-state index contributed by atoms with van der Waals surface area (Å²) in [6.07, 6.45) is 2.54. The number of hydrogen-bond donors (Lipinski definition) is 1. The highest BCUT2D eigenvalue weighted by Gasteiger charge is 2.18. The molecule has 2 rings (SSSR count). The van der Waals surface area contributed by atoms with E-state index >= 15 is 0 Å². The predicted octanol–water partition coefficient (Wildman–Crippen LogP) is 2.20. The van der Waals surface area contributed by atoms with E-state index in [1.807, 2.05) is 18.2 Å². The van der Waals surface area contributed by atoms with Crippen LogP contribution in [0.2, 0.25) is 0 Å². The molecule has 1 N–H and O–H groups in total. The molecule has 17 heavy (non-hydrogen) atoms. The molecular weight excluding hydrogens is 218 g/mol. The monoisotopic (exact) mass is 235 g/mol. The minimum Gasteiger partial charge on any atom is -0.497 e. The van der Waals surface area contributed by atoms with Gasteiger partial charge in [0.25, 0.3) is 0 Å². The van der Waals surface area contributed by atoms with E-state index in [2.05, 4.69) is 5.32 Å². The van der Waals surface area contributed by atoms with E-state index in [4.69, 9.17) is 9.47 Å². The van der Waals surface area contributed by atoms with E-state index in [1.54, 1.807) is 13.2 Å². The molecule has 1 aliphatic rings. The number of benzene rings is 1. The molecule has 0 aromatic heterocycles. The first kappa shape index (κ1) is 11.9. The van der Waals surface area contributed by atoms with Gasteiger partial charge in [-0.1, -0.05) is 6.07 Å². The molecule has 0 spiro atoms. The van der Waals surface area contributed by atoms with Crippen LogP contribution in [0.15, 0.2) is 24.3 Å². The molecule has 4 heteroatoms. The Balaban J connectivity index is 1.88. The van der Waals surface area contributed by atoms with Crippen LogP contribution in [0.3, 0.4) is 0 Å². The lowest BCUT2D eigenvalue weighted by Gasteiger charge is -2.10. The van der Waals surface area contributed by atoms with Crippen molar-refractivity contribution in [2.24, 2.45) is 0 Å². The van der Waals surface area contributed by atoms with Crippen LogP contribution in [0.25, 0.3) is 0 Å². The first-order valence-electron chi connectivity index (χ1n) is 5.83. The number of ether oxygens (including phenoxy) is 2. The third-order valence-corrected chi connectivity index (χ3v) is 2.79. The number of amides is 1. The van der Waals surface area contributed by atoms with Crippen LogP contribution >= 0.6 is 0 Å². The quantitative estimate of drug-likeness (QED) is 0.870. The molecule has 0 bridgehead atoms. The summed E-state index contributed by atoms with van der Waals surface area (Å²) in [5.74, 6) is 0.727. The van der Waals surface area contributed by atoms with Crippen molar-refractivity contribution < 1.29 is 14.3 Å². The second-order valence-electron chi connectivity index (χ2n) is 4.12. The van der Waals surface area contributed by atoms with Gasteiger partial charge < -0.3 is 14.8 Å². The molecule has 1 aromatic carbocycles. The number of rotatable bonds is 4. The van der Waals surface area contributed by atoms with Gasteiger partial charge in [-0.05, 0) is 25.0 Å². The maximum absolute atomic E-state index is 11.7. The summed E-state index contributed by atoms with van der Waals surface area (Å²) in [6, 6.07) is 7.33. The van der Waals surface area contributed by atoms with E-state index in [9.17, 15) is 4.79 Å². The van der Waals surface area contributed by atoms with E-state index in [1.165, 1.54) is 0 Å². The predicted molar refractivity (Wildman–Crippen MR) is 65.2 cm³/mol. The molecule has 1 fully saturated rings. The van der Waals surface area contributed by atoms with Crippen LogP contribution in [-0.2, 0) is 9.53 Å². The molecule has 1 saturated heterocycles. The molecule has 0 saturated carbocycles. The van der Waals surface area contributed by atoms with E-state index in [0.29, 0.717) is 6.42 Å². The molecule has 1 atom stereocenters. The summed E-state index contributed by atoms with van der Waals surface area (Å²) < 4.78 is 10.5. The average molecular weight is 235 g/mol. The molecule has 1 aromatic rings. The van der Waals surface area contributed by atoms with Gasteiger partial charge >= 0.3 is 0 Å². The van der Waals surface area contributed by atoms with Gasteiger partial charge in [0, 0.05) is 18.4 Å². The Morgan fingerprint density at radius 2 is 2.47 bits per heavy atom. The second-order valence-corrected chi connectivity index (χ2v) is 4.12. The Morgan fingerprint density at radius 3 is 3.18 bits per heavy atom. The summed E-state index contributed by atoms with van der Waals surface area (Å²) in [5, 5.41) is 2.84. The first-order valence-corrected chi connectivity index (χ1v) is 5.83. The summed E-state index contributed by atoms with van der Waals surface area (Å²) in [5.41, 5.74) is 0.757. The smallest absolute Gasteiger partial charge is 0.226 e. The summed E-state index contributed by atoms with van der Waals surface area (Å²) >= 11 is 0. The maximum Gasteiger partial charge on any atom is 0.226 e. The van der Waals surface area contributed by atoms with Crippen molar-refractivity contribution in [1.82, 2.24) is 0 Å². The summed E-state index contributed by atoms with van der Waals surface area (Å²) in [6.45, 7) is 0.775. The molecular formula is C13H17NO3. The van der Waals surface area contributed by atoms with Crippen molar-refractivity contribution in [3.05, 3.63) is 24.3 Å². The molecule has 4 nitrogen and oxygen atoms in total. The molecule has 0 radical (unpaired) electrons. The van der Waals surface area contributed by atoms with Crippen molar-refractivity contribution >= 4 is 11.6 Å². The van der Waals surface area contributed by atoms with Gasteiger partial charge in [0.15, 0.2) is 0 Å². The van der Waals surface area contributed by atoms with Crippen LogP contribution in [-0.4, -0.2) is 25.7 Å². The highest BCUT2D eigenvalue weighted by molar-refractivity contribution is 5.91. The Labute approximate surface area is 101 Å². The normalized spacial score (nSPS) is 19.0. The summed E-state index contributed by atoms with van der Waals surface area (Å²) in [7, 11) is 1.60. The van der Waals surface area contributed by atoms with Crippen molar-refractivity contribution in [3.8, 4) is 5.75 Å². The number of carbonyl (C=O) groups excluding carboxylic acids is 1. The fraction of sp³-hybridized carbons (Fsp3) is 0.462. The lowest BCUT2D eigenvalue weighted by Crippen LogP contribution is -2.19. The van der Waals surface area contributed by atoms with Crippen molar-refractivity contribution in [1.29, 1.82) is 0 Å². The third-order valence-electron chi connectivity index (χ3n) is 2.79. The van der Waals surface area contributed by atoms with Crippen molar-refractivity contribution in [2.75, 3.05) is 19.0 Å². The number of anilines is 1. The minimum atomic E-state index is -0.00912. The zero-order valence-electron chi connectivity index (χ0n) is 9.94. The standard InChI is InChI=1S/C13H17NO3/c1-16-11-5-2-4-10(8-11)14-13(15)9-12-6-3-7-17-12/h2,4-5,8,12H,3,6-7,9H2,1H3,(H,14,15). The Hall–Kier alpha value is -1.55. The van der Waals surface area contributed by atoms with Crippen LogP contribution < -0.4 is 10.1 Å². The van der Waals surface area contributed by atoms with E-state index in [0.717, 1.165) is 30.9 Å². The van der Waals surface area contributed by atoms with Crippen LogP contribution in [0.5, 0.6) is 5.75 Å². The van der Waals surface area contributed by atoms with E-state index in [-0.39, 0.29) is 12.0 Å². The van der Waals surface area contributed by atoms with Crippen molar-refractivity contribution in [3.63, 3.8) is 0 Å². The van der Waals surface area contributed by atoms with Gasteiger partial charge in [-0.15, -0.1) is 0 Å². The van der Waals surface area contributed by atoms with Gasteiger partial charge in [0.05, 0.1) is 19.6 Å². The Morgan fingerprint density at radius 1 is 1.59 bits per heavy atom. The van der Waals surface area contributed by atoms with E-state index < -0.39 is 0 Å². The molecule has 92 valence electrons. The maximum atomic E-state index is 11.7. The molecule has 1 amide bonds. The largest absolute Gasteiger partial charge is 0.497 e. The lowest BCUT2D eigenvalue weighted by molar-refractivity contribution is -0.118. The fourth-order valence-electron chi connectivity index (χ4n) is 1.92. The summed E-state index contributed by atoms with van der Waals surface area (Å²) in [4.78, 5) is 11.7. The van der Waals surface area contributed by atoms with Gasteiger partial charge in [-0.3, -0.25) is 4.79 Å². The highest BCUT2D eigenvalue weighted by atomic mass is 16.5. The second kappa shape index (κ2) is 5.68. The minimum absolute atomic E-state index is 0.00912. The Kier molecular flexibility index (Phi) is 3.98. The van der Waals surface area contributed by atoms with Crippen LogP contribution in [0.4, 0.5) is 5.69 Å². The highest BCUT2D eigenvalue weighted by Crippen LogP contribution is 2.19. The lowest BCUT2D eigenvalue weighted by atomic mass is 10.2. The van der Waals surface area contributed by atoms with Crippen LogP contribution in [0.1, 0.15) is 19.3 Å². The SMILES string of the molecule is COc1cccc(NC(=O)CC2CCCO2)c1. The molecule has 0 aliphatic carbocycles. The number of hydrogen-bond acceptors (Lipinski definition) is 3. The zero-order chi connectivity index (χ0) is 12.1. The van der Waals surface area contributed by atoms with Crippen LogP contribution in [0, 0.1) is 0 Å². The molecule has 1 heterocycles. The number of methoxy groups -OCH3 is 1. The van der Waals surface area contributed by atoms with Gasteiger partial charge in [-0.2, -0.15) is 0 Å². The number of carbonyl (C=O) groups is 1. The topological polar surface area (TPSA) is 47.6 Å². The zero-order valence-corrected chi connectivity index (χ0v) is 9.94. The van der Waals surface area contributed by atoms with Crippen molar-refractivity contribution in [2.45, 2.75) is 25.4 Å².